The van der Waals surface area contributed by atoms with Crippen LogP contribution < -0.4 is 9.47 Å². The molecule has 1 aromatic heterocycles. The highest BCUT2D eigenvalue weighted by atomic mass is 16.5. The number of ether oxygens (including phenoxy) is 2. The lowest BCUT2D eigenvalue weighted by molar-refractivity contribution is -0.137. The zero-order chi connectivity index (χ0) is 18.6. The van der Waals surface area contributed by atoms with E-state index in [1.54, 1.807) is 19.5 Å². The van der Waals surface area contributed by atoms with Crippen molar-refractivity contribution >= 4 is 5.91 Å². The van der Waals surface area contributed by atoms with E-state index in [2.05, 4.69) is 9.88 Å². The van der Waals surface area contributed by atoms with Crippen LogP contribution in [0.3, 0.4) is 0 Å². The minimum atomic E-state index is 0.178. The van der Waals surface area contributed by atoms with Gasteiger partial charge in [-0.3, -0.25) is 9.78 Å². The quantitative estimate of drug-likeness (QED) is 0.783. The second kappa shape index (κ2) is 7.99. The van der Waals surface area contributed by atoms with Gasteiger partial charge in [0.15, 0.2) is 0 Å². The van der Waals surface area contributed by atoms with Crippen LogP contribution in [0.1, 0.15) is 37.7 Å². The molecular formula is C22H26N2O3. The monoisotopic (exact) mass is 366 g/mol. The van der Waals surface area contributed by atoms with Gasteiger partial charge in [-0.05, 0) is 49.1 Å². The number of carbonyl (C=O) groups is 1. The number of piperidine rings is 1. The van der Waals surface area contributed by atoms with E-state index < -0.39 is 0 Å². The number of nitrogens with zero attached hydrogens (tertiary/aromatic N) is 2. The van der Waals surface area contributed by atoms with Gasteiger partial charge in [0, 0.05) is 37.5 Å². The lowest BCUT2D eigenvalue weighted by atomic mass is 9.98. The van der Waals surface area contributed by atoms with Crippen LogP contribution in [0.15, 0.2) is 48.8 Å². The van der Waals surface area contributed by atoms with Crippen molar-refractivity contribution < 1.29 is 14.3 Å². The second-order valence-corrected chi connectivity index (χ2v) is 7.43. The first kappa shape index (κ1) is 17.8. The number of pyridine rings is 1. The highest BCUT2D eigenvalue weighted by Gasteiger charge is 2.43. The SMILES string of the molecule is COc1ccc(CCC(=O)N2C3CCC2CC(Oc2cccnc2)C3)cc1. The summed E-state index contributed by atoms with van der Waals surface area (Å²) in [4.78, 5) is 19.1. The fourth-order valence-electron chi connectivity index (χ4n) is 4.41. The number of rotatable bonds is 6. The molecule has 5 heteroatoms. The molecule has 2 fully saturated rings. The molecule has 1 amide bonds. The first-order chi connectivity index (χ1) is 13.2. The van der Waals surface area contributed by atoms with Gasteiger partial charge in [-0.25, -0.2) is 0 Å². The van der Waals surface area contributed by atoms with Gasteiger partial charge in [0.1, 0.15) is 17.6 Å². The third-order valence-corrected chi connectivity index (χ3v) is 5.70. The minimum Gasteiger partial charge on any atom is -0.497 e. The van der Waals surface area contributed by atoms with Crippen LogP contribution >= 0.6 is 0 Å². The summed E-state index contributed by atoms with van der Waals surface area (Å²) in [6.45, 7) is 0. The van der Waals surface area contributed by atoms with Crippen molar-refractivity contribution in [2.45, 2.75) is 56.7 Å². The van der Waals surface area contributed by atoms with Gasteiger partial charge in [0.2, 0.25) is 5.91 Å². The summed E-state index contributed by atoms with van der Waals surface area (Å²) < 4.78 is 11.3. The summed E-state index contributed by atoms with van der Waals surface area (Å²) in [7, 11) is 1.66. The molecule has 1 aromatic carbocycles. The third-order valence-electron chi connectivity index (χ3n) is 5.70. The predicted octanol–water partition coefficient (Wildman–Crippen LogP) is 3.62. The first-order valence-electron chi connectivity index (χ1n) is 9.73. The summed E-state index contributed by atoms with van der Waals surface area (Å²) in [6.07, 6.45) is 9.03. The Labute approximate surface area is 160 Å². The molecule has 0 N–H and O–H groups in total. The maximum absolute atomic E-state index is 12.9. The Morgan fingerprint density at radius 1 is 1.11 bits per heavy atom. The molecule has 2 bridgehead atoms. The van der Waals surface area contributed by atoms with E-state index in [-0.39, 0.29) is 12.0 Å². The van der Waals surface area contributed by atoms with Crippen molar-refractivity contribution in [2.24, 2.45) is 0 Å². The Hall–Kier alpha value is -2.56. The summed E-state index contributed by atoms with van der Waals surface area (Å²) in [6, 6.07) is 12.4. The van der Waals surface area contributed by atoms with E-state index in [0.717, 1.165) is 43.6 Å². The van der Waals surface area contributed by atoms with Gasteiger partial charge in [0.05, 0.1) is 13.3 Å². The van der Waals surface area contributed by atoms with Gasteiger partial charge >= 0.3 is 0 Å². The molecule has 0 saturated carbocycles. The van der Waals surface area contributed by atoms with Gasteiger partial charge in [-0.1, -0.05) is 12.1 Å². The normalized spacial score (nSPS) is 23.9. The number of hydrogen-bond donors (Lipinski definition) is 0. The molecule has 0 aliphatic carbocycles. The van der Waals surface area contributed by atoms with E-state index >= 15 is 0 Å². The van der Waals surface area contributed by atoms with Crippen molar-refractivity contribution in [3.8, 4) is 11.5 Å². The van der Waals surface area contributed by atoms with Gasteiger partial charge < -0.3 is 14.4 Å². The maximum Gasteiger partial charge on any atom is 0.223 e. The van der Waals surface area contributed by atoms with Crippen LogP contribution in [-0.4, -0.2) is 41.1 Å². The van der Waals surface area contributed by atoms with E-state index in [4.69, 9.17) is 9.47 Å². The molecule has 142 valence electrons. The average molecular weight is 366 g/mol. The predicted molar refractivity (Wildman–Crippen MR) is 103 cm³/mol. The minimum absolute atomic E-state index is 0.178. The lowest BCUT2D eigenvalue weighted by Gasteiger charge is -2.39. The molecule has 2 unspecified atom stereocenters. The molecular weight excluding hydrogens is 340 g/mol. The first-order valence-corrected chi connectivity index (χ1v) is 9.73. The highest BCUT2D eigenvalue weighted by molar-refractivity contribution is 5.77. The highest BCUT2D eigenvalue weighted by Crippen LogP contribution is 2.37. The van der Waals surface area contributed by atoms with Crippen LogP contribution in [0.25, 0.3) is 0 Å². The standard InChI is InChI=1S/C22H26N2O3/c1-26-19-9-4-16(5-10-19)6-11-22(25)24-17-7-8-18(24)14-21(13-17)27-20-3-2-12-23-15-20/h2-5,9-10,12,15,17-18,21H,6-8,11,13-14H2,1H3. The maximum atomic E-state index is 12.9. The number of benzene rings is 1. The van der Waals surface area contributed by atoms with Crippen molar-refractivity contribution in [3.05, 3.63) is 54.4 Å². The van der Waals surface area contributed by atoms with Crippen LogP contribution in [-0.2, 0) is 11.2 Å². The van der Waals surface area contributed by atoms with Crippen molar-refractivity contribution in [3.63, 3.8) is 0 Å². The molecule has 0 spiro atoms. The van der Waals surface area contributed by atoms with Crippen molar-refractivity contribution in [2.75, 3.05) is 7.11 Å². The number of methoxy groups -OCH3 is 1. The molecule has 4 rings (SSSR count). The summed E-state index contributed by atoms with van der Waals surface area (Å²) in [5.74, 6) is 1.94. The molecule has 2 aliphatic heterocycles. The van der Waals surface area contributed by atoms with E-state index in [0.29, 0.717) is 18.5 Å². The summed E-state index contributed by atoms with van der Waals surface area (Å²) in [5.41, 5.74) is 1.17. The molecule has 2 saturated heterocycles. The van der Waals surface area contributed by atoms with E-state index in [1.807, 2.05) is 36.4 Å². The average Bonchev–Trinajstić information content (AvgIpc) is 2.98. The van der Waals surface area contributed by atoms with Crippen molar-refractivity contribution in [1.29, 1.82) is 0 Å². The largest absolute Gasteiger partial charge is 0.497 e. The Kier molecular flexibility index (Phi) is 5.28. The molecule has 3 heterocycles. The molecule has 2 atom stereocenters. The Morgan fingerprint density at radius 2 is 1.85 bits per heavy atom. The van der Waals surface area contributed by atoms with Crippen molar-refractivity contribution in [1.82, 2.24) is 9.88 Å². The molecule has 2 aromatic rings. The Morgan fingerprint density at radius 3 is 2.48 bits per heavy atom. The van der Waals surface area contributed by atoms with Crippen LogP contribution in [0, 0.1) is 0 Å². The number of aryl methyl sites for hydroxylation is 1. The van der Waals surface area contributed by atoms with Crippen LogP contribution in [0.2, 0.25) is 0 Å². The lowest BCUT2D eigenvalue weighted by Crippen LogP contribution is -2.49. The second-order valence-electron chi connectivity index (χ2n) is 7.43. The zero-order valence-corrected chi connectivity index (χ0v) is 15.7. The fourth-order valence-corrected chi connectivity index (χ4v) is 4.41. The summed E-state index contributed by atoms with van der Waals surface area (Å²) >= 11 is 0. The number of fused-ring (bicyclic) bond motifs is 2. The smallest absolute Gasteiger partial charge is 0.223 e. The zero-order valence-electron chi connectivity index (χ0n) is 15.7. The third kappa shape index (κ3) is 4.07. The topological polar surface area (TPSA) is 51.7 Å². The molecule has 0 radical (unpaired) electrons. The van der Waals surface area contributed by atoms with E-state index in [9.17, 15) is 4.79 Å². The van der Waals surface area contributed by atoms with Crippen LogP contribution in [0.5, 0.6) is 11.5 Å². The summed E-state index contributed by atoms with van der Waals surface area (Å²) in [5, 5.41) is 0. The van der Waals surface area contributed by atoms with E-state index in [1.165, 1.54) is 5.56 Å². The number of aromatic nitrogens is 1. The Bertz CT molecular complexity index is 749. The number of amides is 1. The fraction of sp³-hybridized carbons (Fsp3) is 0.455. The number of carbonyl (C=O) groups excluding carboxylic acids is 1. The van der Waals surface area contributed by atoms with Gasteiger partial charge in [-0.2, -0.15) is 0 Å². The Balaban J connectivity index is 1.32. The van der Waals surface area contributed by atoms with Gasteiger partial charge in [-0.15, -0.1) is 0 Å². The van der Waals surface area contributed by atoms with Crippen LogP contribution in [0.4, 0.5) is 0 Å². The van der Waals surface area contributed by atoms with Gasteiger partial charge in [0.25, 0.3) is 0 Å². The molecule has 5 nitrogen and oxygen atoms in total. The number of hydrogen-bond acceptors (Lipinski definition) is 4. The molecule has 2 aliphatic rings. The molecule has 27 heavy (non-hydrogen) atoms.